The molecular formula is C21H27N7O2S. The first-order chi connectivity index (χ1) is 15.1. The topological polar surface area (TPSA) is 135 Å². The molecule has 10 heteroatoms. The highest BCUT2D eigenvalue weighted by molar-refractivity contribution is 7.99. The average molecular weight is 442 g/mol. The Hall–Kier alpha value is -2.27. The number of anilines is 1. The number of nitrogens with two attached hydrogens (primary N) is 1. The van der Waals surface area contributed by atoms with E-state index in [9.17, 15) is 10.2 Å². The maximum Gasteiger partial charge on any atom is 0.191 e. The number of hydrogen-bond acceptors (Lipinski definition) is 9. The first-order valence-electron chi connectivity index (χ1n) is 10.8. The molecule has 5 rings (SSSR count). The van der Waals surface area contributed by atoms with Gasteiger partial charge in [-0.05, 0) is 24.8 Å². The SMILES string of the molecule is CCCSc1nc(NC2CC2c2ccccc2)c2nnn([C@H]3C[C@@H](N)[C@H](O)[C@@H]3O)c2n1. The van der Waals surface area contributed by atoms with Gasteiger partial charge in [0.1, 0.15) is 6.10 Å². The number of aromatic nitrogens is 5. The zero-order valence-electron chi connectivity index (χ0n) is 17.3. The summed E-state index contributed by atoms with van der Waals surface area (Å²) in [6.07, 6.45) is 0.445. The second-order valence-electron chi connectivity index (χ2n) is 8.36. The van der Waals surface area contributed by atoms with Crippen molar-refractivity contribution in [1.82, 2.24) is 25.0 Å². The van der Waals surface area contributed by atoms with Crippen LogP contribution in [0.3, 0.4) is 0 Å². The fourth-order valence-corrected chi connectivity index (χ4v) is 4.97. The Morgan fingerprint density at radius 1 is 1.16 bits per heavy atom. The van der Waals surface area contributed by atoms with Crippen molar-refractivity contribution in [3.63, 3.8) is 0 Å². The molecule has 2 saturated carbocycles. The van der Waals surface area contributed by atoms with Gasteiger partial charge < -0.3 is 21.3 Å². The Balaban J connectivity index is 1.47. The number of fused-ring (bicyclic) bond motifs is 1. The lowest BCUT2D eigenvalue weighted by atomic mass is 10.1. The largest absolute Gasteiger partial charge is 0.389 e. The molecule has 31 heavy (non-hydrogen) atoms. The molecule has 2 aliphatic rings. The minimum atomic E-state index is -1.01. The van der Waals surface area contributed by atoms with Gasteiger partial charge in [0.05, 0.1) is 12.1 Å². The summed E-state index contributed by atoms with van der Waals surface area (Å²) in [6, 6.07) is 9.74. The van der Waals surface area contributed by atoms with Crippen LogP contribution in [-0.4, -0.2) is 65.2 Å². The molecule has 0 aliphatic heterocycles. The minimum absolute atomic E-state index is 0.280. The summed E-state index contributed by atoms with van der Waals surface area (Å²) in [5, 5.41) is 33.4. The Morgan fingerprint density at radius 3 is 2.68 bits per heavy atom. The van der Waals surface area contributed by atoms with Crippen molar-refractivity contribution in [3.05, 3.63) is 35.9 Å². The van der Waals surface area contributed by atoms with Gasteiger partial charge in [-0.1, -0.05) is 54.2 Å². The monoisotopic (exact) mass is 441 g/mol. The molecule has 1 aromatic carbocycles. The predicted molar refractivity (Wildman–Crippen MR) is 119 cm³/mol. The zero-order chi connectivity index (χ0) is 21.5. The fraction of sp³-hybridized carbons (Fsp3) is 0.524. The van der Waals surface area contributed by atoms with Gasteiger partial charge in [0.15, 0.2) is 22.1 Å². The van der Waals surface area contributed by atoms with E-state index in [0.29, 0.717) is 34.5 Å². The van der Waals surface area contributed by atoms with Crippen LogP contribution in [0, 0.1) is 0 Å². The van der Waals surface area contributed by atoms with Crippen LogP contribution in [0.4, 0.5) is 5.82 Å². The highest BCUT2D eigenvalue weighted by Gasteiger charge is 2.43. The van der Waals surface area contributed by atoms with Crippen molar-refractivity contribution in [2.24, 2.45) is 5.73 Å². The summed E-state index contributed by atoms with van der Waals surface area (Å²) in [4.78, 5) is 9.41. The molecule has 2 heterocycles. The molecule has 0 bridgehead atoms. The van der Waals surface area contributed by atoms with E-state index in [-0.39, 0.29) is 6.04 Å². The van der Waals surface area contributed by atoms with Crippen LogP contribution < -0.4 is 11.1 Å². The molecule has 9 nitrogen and oxygen atoms in total. The first kappa shape index (κ1) is 20.6. The smallest absolute Gasteiger partial charge is 0.191 e. The predicted octanol–water partition coefficient (Wildman–Crippen LogP) is 1.69. The molecule has 2 unspecified atom stereocenters. The summed E-state index contributed by atoms with van der Waals surface area (Å²) in [5.41, 5.74) is 8.40. The van der Waals surface area contributed by atoms with Crippen LogP contribution in [0.25, 0.3) is 11.2 Å². The van der Waals surface area contributed by atoms with Crippen LogP contribution in [0.2, 0.25) is 0 Å². The van der Waals surface area contributed by atoms with E-state index < -0.39 is 24.3 Å². The lowest BCUT2D eigenvalue weighted by molar-refractivity contribution is 0.0163. The summed E-state index contributed by atoms with van der Waals surface area (Å²) >= 11 is 1.58. The average Bonchev–Trinajstić information content (AvgIpc) is 3.35. The van der Waals surface area contributed by atoms with Crippen molar-refractivity contribution < 1.29 is 10.2 Å². The first-order valence-corrected chi connectivity index (χ1v) is 11.7. The maximum absolute atomic E-state index is 10.5. The van der Waals surface area contributed by atoms with Gasteiger partial charge in [-0.25, -0.2) is 14.6 Å². The second kappa shape index (κ2) is 8.34. The molecule has 2 fully saturated rings. The molecule has 3 aromatic rings. The summed E-state index contributed by atoms with van der Waals surface area (Å²) < 4.78 is 1.60. The normalized spacial score (nSPS) is 30.1. The molecule has 0 saturated heterocycles. The Bertz CT molecular complexity index is 1060. The third kappa shape index (κ3) is 3.89. The highest BCUT2D eigenvalue weighted by atomic mass is 32.2. The van der Waals surface area contributed by atoms with Crippen LogP contribution in [0.5, 0.6) is 0 Å². The molecule has 0 radical (unpaired) electrons. The molecule has 6 atom stereocenters. The third-order valence-corrected chi connectivity index (χ3v) is 7.14. The van der Waals surface area contributed by atoms with Gasteiger partial charge >= 0.3 is 0 Å². The number of hydrogen-bond donors (Lipinski definition) is 4. The van der Waals surface area contributed by atoms with Gasteiger partial charge in [-0.3, -0.25) is 0 Å². The summed E-state index contributed by atoms with van der Waals surface area (Å²) in [5.74, 6) is 2.01. The van der Waals surface area contributed by atoms with Crippen molar-refractivity contribution in [2.75, 3.05) is 11.1 Å². The van der Waals surface area contributed by atoms with Gasteiger partial charge in [0.2, 0.25) is 0 Å². The van der Waals surface area contributed by atoms with E-state index in [4.69, 9.17) is 10.7 Å². The summed E-state index contributed by atoms with van der Waals surface area (Å²) in [6.45, 7) is 2.11. The lowest BCUT2D eigenvalue weighted by Gasteiger charge is -2.16. The van der Waals surface area contributed by atoms with Gasteiger partial charge in [0, 0.05) is 23.8 Å². The summed E-state index contributed by atoms with van der Waals surface area (Å²) in [7, 11) is 0. The second-order valence-corrected chi connectivity index (χ2v) is 9.42. The van der Waals surface area contributed by atoms with Crippen LogP contribution in [0.15, 0.2) is 35.5 Å². The van der Waals surface area contributed by atoms with Crippen molar-refractivity contribution in [3.8, 4) is 0 Å². The molecular weight excluding hydrogens is 414 g/mol. The van der Waals surface area contributed by atoms with E-state index in [1.54, 1.807) is 16.4 Å². The molecule has 0 spiro atoms. The van der Waals surface area contributed by atoms with E-state index >= 15 is 0 Å². The maximum atomic E-state index is 10.5. The Morgan fingerprint density at radius 2 is 1.97 bits per heavy atom. The number of thioether (sulfide) groups is 1. The quantitative estimate of drug-likeness (QED) is 0.319. The van der Waals surface area contributed by atoms with Gasteiger partial charge in [-0.15, -0.1) is 5.10 Å². The van der Waals surface area contributed by atoms with Crippen LogP contribution in [0.1, 0.15) is 43.7 Å². The minimum Gasteiger partial charge on any atom is -0.389 e. The highest BCUT2D eigenvalue weighted by Crippen LogP contribution is 2.43. The van der Waals surface area contributed by atoms with E-state index in [1.165, 1.54) is 5.56 Å². The lowest BCUT2D eigenvalue weighted by Crippen LogP contribution is -2.36. The number of rotatable bonds is 7. The Kier molecular flexibility index (Phi) is 5.55. The molecule has 0 amide bonds. The van der Waals surface area contributed by atoms with E-state index in [1.807, 2.05) is 6.07 Å². The standard InChI is InChI=1S/C21H27N7O2S/c1-2-8-31-21-24-19(23-14-9-12(14)11-6-4-3-5-7-11)16-20(25-21)28(27-26-16)15-10-13(22)17(29)18(15)30/h3-7,12-15,17-18,29-30H,2,8-10,22H2,1H3,(H,23,24,25)/t12?,13-,14?,15+,17+,18-/m1/s1. The zero-order valence-corrected chi connectivity index (χ0v) is 18.1. The molecule has 5 N–H and O–H groups in total. The van der Waals surface area contributed by atoms with Crippen molar-refractivity contribution >= 4 is 28.7 Å². The van der Waals surface area contributed by atoms with Crippen molar-refractivity contribution in [1.29, 1.82) is 0 Å². The third-order valence-electron chi connectivity index (χ3n) is 6.09. The molecule has 2 aliphatic carbocycles. The number of benzene rings is 1. The number of aliphatic hydroxyl groups excluding tert-OH is 2. The van der Waals surface area contributed by atoms with Crippen molar-refractivity contribution in [2.45, 2.75) is 67.6 Å². The van der Waals surface area contributed by atoms with Crippen LogP contribution >= 0.6 is 11.8 Å². The van der Waals surface area contributed by atoms with E-state index in [2.05, 4.69) is 51.8 Å². The van der Waals surface area contributed by atoms with E-state index in [0.717, 1.165) is 18.6 Å². The van der Waals surface area contributed by atoms with Gasteiger partial charge in [0.25, 0.3) is 0 Å². The number of aliphatic hydroxyl groups is 2. The Labute approximate surface area is 184 Å². The fourth-order valence-electron chi connectivity index (χ4n) is 4.27. The number of nitrogens with one attached hydrogen (secondary N) is 1. The van der Waals surface area contributed by atoms with Gasteiger partial charge in [-0.2, -0.15) is 0 Å². The molecule has 164 valence electrons. The van der Waals surface area contributed by atoms with Crippen LogP contribution in [-0.2, 0) is 0 Å². The number of nitrogens with zero attached hydrogens (tertiary/aromatic N) is 5. The molecule has 2 aromatic heterocycles.